The molecule has 0 radical (unpaired) electrons. The van der Waals surface area contributed by atoms with E-state index in [-0.39, 0.29) is 5.69 Å². The summed E-state index contributed by atoms with van der Waals surface area (Å²) in [6.07, 6.45) is 0.831. The third-order valence-electron chi connectivity index (χ3n) is 2.65. The fourth-order valence-electron chi connectivity index (χ4n) is 1.86. The Morgan fingerprint density at radius 1 is 1.06 bits per heavy atom. The van der Waals surface area contributed by atoms with Crippen molar-refractivity contribution >= 4 is 5.69 Å². The van der Waals surface area contributed by atoms with Crippen LogP contribution in [0.2, 0.25) is 0 Å². The fraction of sp³-hybridized carbons (Fsp3) is 0.455. The normalized spacial score (nSPS) is 17.3. The Morgan fingerprint density at radius 2 is 1.88 bits per heavy atom. The summed E-state index contributed by atoms with van der Waals surface area (Å²) in [5, 5.41) is 3.14. The van der Waals surface area contributed by atoms with Gasteiger partial charge >= 0.3 is 0 Å². The summed E-state index contributed by atoms with van der Waals surface area (Å²) < 4.78 is 39.5. The van der Waals surface area contributed by atoms with Crippen molar-refractivity contribution in [1.29, 1.82) is 0 Å². The Bertz CT molecular complexity index is 374. The minimum Gasteiger partial charge on any atom is -0.368 e. The van der Waals surface area contributed by atoms with Crippen LogP contribution in [0, 0.1) is 17.5 Å². The highest BCUT2D eigenvalue weighted by Crippen LogP contribution is 2.23. The van der Waals surface area contributed by atoms with Gasteiger partial charge in [0, 0.05) is 31.8 Å². The maximum absolute atomic E-state index is 13.5. The van der Waals surface area contributed by atoms with Gasteiger partial charge in [-0.15, -0.1) is 0 Å². The van der Waals surface area contributed by atoms with E-state index in [0.29, 0.717) is 25.7 Å². The Labute approximate surface area is 92.1 Å². The number of halogens is 3. The molecule has 0 spiro atoms. The highest BCUT2D eigenvalue weighted by molar-refractivity contribution is 5.48. The molecule has 0 amide bonds. The molecular formula is C11H13F3N2. The first-order chi connectivity index (χ1) is 7.68. The third-order valence-corrected chi connectivity index (χ3v) is 2.65. The topological polar surface area (TPSA) is 15.3 Å². The summed E-state index contributed by atoms with van der Waals surface area (Å²) in [6, 6.07) is 1.61. The smallest absolute Gasteiger partial charge is 0.182 e. The number of hydrogen-bond donors (Lipinski definition) is 1. The van der Waals surface area contributed by atoms with Gasteiger partial charge in [0.15, 0.2) is 11.6 Å². The third kappa shape index (κ3) is 2.29. The lowest BCUT2D eigenvalue weighted by Gasteiger charge is -2.22. The van der Waals surface area contributed by atoms with Gasteiger partial charge in [-0.3, -0.25) is 0 Å². The number of anilines is 1. The predicted octanol–water partition coefficient (Wildman–Crippen LogP) is 1.90. The summed E-state index contributed by atoms with van der Waals surface area (Å²) in [5.74, 6) is -2.85. The lowest BCUT2D eigenvalue weighted by molar-refractivity contribution is 0.492. The maximum atomic E-state index is 13.5. The van der Waals surface area contributed by atoms with E-state index >= 15 is 0 Å². The molecule has 1 heterocycles. The lowest BCUT2D eigenvalue weighted by Crippen LogP contribution is -2.29. The van der Waals surface area contributed by atoms with Gasteiger partial charge in [-0.05, 0) is 13.0 Å². The average molecular weight is 230 g/mol. The molecular weight excluding hydrogens is 217 g/mol. The molecule has 1 aromatic carbocycles. The van der Waals surface area contributed by atoms with Crippen molar-refractivity contribution in [3.63, 3.8) is 0 Å². The van der Waals surface area contributed by atoms with Gasteiger partial charge in [-0.2, -0.15) is 0 Å². The van der Waals surface area contributed by atoms with Crippen LogP contribution < -0.4 is 10.2 Å². The van der Waals surface area contributed by atoms with Crippen LogP contribution in [0.25, 0.3) is 0 Å². The number of nitrogens with zero attached hydrogens (tertiary/aromatic N) is 1. The highest BCUT2D eigenvalue weighted by atomic mass is 19.2. The van der Waals surface area contributed by atoms with Crippen LogP contribution in [-0.2, 0) is 0 Å². The molecule has 88 valence electrons. The number of nitrogens with one attached hydrogen (secondary N) is 1. The first kappa shape index (κ1) is 11.3. The predicted molar refractivity (Wildman–Crippen MR) is 56.0 cm³/mol. The maximum Gasteiger partial charge on any atom is 0.182 e. The van der Waals surface area contributed by atoms with Crippen LogP contribution in [0.4, 0.5) is 18.9 Å². The van der Waals surface area contributed by atoms with Crippen LogP contribution in [0.15, 0.2) is 12.1 Å². The number of hydrogen-bond acceptors (Lipinski definition) is 2. The van der Waals surface area contributed by atoms with Crippen molar-refractivity contribution in [3.05, 3.63) is 29.6 Å². The van der Waals surface area contributed by atoms with Crippen molar-refractivity contribution in [3.8, 4) is 0 Å². The minimum atomic E-state index is -1.13. The second-order valence-corrected chi connectivity index (χ2v) is 3.81. The zero-order chi connectivity index (χ0) is 11.5. The summed E-state index contributed by atoms with van der Waals surface area (Å²) in [4.78, 5) is 1.67. The lowest BCUT2D eigenvalue weighted by atomic mass is 10.2. The Hall–Kier alpha value is -1.23. The minimum absolute atomic E-state index is 0.0150. The first-order valence-corrected chi connectivity index (χ1v) is 5.28. The first-order valence-electron chi connectivity index (χ1n) is 5.28. The van der Waals surface area contributed by atoms with Crippen molar-refractivity contribution in [2.75, 3.05) is 31.1 Å². The second kappa shape index (κ2) is 4.74. The quantitative estimate of drug-likeness (QED) is 0.741. The van der Waals surface area contributed by atoms with Gasteiger partial charge in [-0.1, -0.05) is 0 Å². The molecule has 1 aromatic rings. The van der Waals surface area contributed by atoms with Crippen LogP contribution in [0.5, 0.6) is 0 Å². The zero-order valence-electron chi connectivity index (χ0n) is 8.77. The number of rotatable bonds is 1. The van der Waals surface area contributed by atoms with Crippen molar-refractivity contribution in [1.82, 2.24) is 5.32 Å². The zero-order valence-corrected chi connectivity index (χ0v) is 8.77. The van der Waals surface area contributed by atoms with Crippen molar-refractivity contribution in [2.45, 2.75) is 6.42 Å². The van der Waals surface area contributed by atoms with Gasteiger partial charge < -0.3 is 10.2 Å². The largest absolute Gasteiger partial charge is 0.368 e. The van der Waals surface area contributed by atoms with E-state index in [0.717, 1.165) is 19.0 Å². The molecule has 2 nitrogen and oxygen atoms in total. The molecule has 0 atom stereocenters. The monoisotopic (exact) mass is 230 g/mol. The van der Waals surface area contributed by atoms with Gasteiger partial charge in [0.25, 0.3) is 0 Å². The summed E-state index contributed by atoms with van der Waals surface area (Å²) >= 11 is 0. The van der Waals surface area contributed by atoms with E-state index < -0.39 is 17.5 Å². The standard InChI is InChI=1S/C11H13F3N2/c12-8-6-9(13)11(14)10(7-8)16-4-1-2-15-3-5-16/h6-7,15H,1-5H2. The Balaban J connectivity index is 2.30. The van der Waals surface area contributed by atoms with E-state index in [1.54, 1.807) is 4.90 Å². The molecule has 0 aliphatic carbocycles. The molecule has 2 rings (SSSR count). The van der Waals surface area contributed by atoms with Gasteiger partial charge in [0.05, 0.1) is 5.69 Å². The van der Waals surface area contributed by atoms with Crippen molar-refractivity contribution < 1.29 is 13.2 Å². The molecule has 1 saturated heterocycles. The molecule has 5 heteroatoms. The van der Waals surface area contributed by atoms with Crippen LogP contribution in [-0.4, -0.2) is 26.2 Å². The molecule has 0 bridgehead atoms. The molecule has 16 heavy (non-hydrogen) atoms. The van der Waals surface area contributed by atoms with Gasteiger partial charge in [0.2, 0.25) is 0 Å². The van der Waals surface area contributed by atoms with Crippen molar-refractivity contribution in [2.24, 2.45) is 0 Å². The summed E-state index contributed by atoms with van der Waals surface area (Å²) in [5.41, 5.74) is 0.0150. The van der Waals surface area contributed by atoms with Crippen LogP contribution >= 0.6 is 0 Å². The van der Waals surface area contributed by atoms with Gasteiger partial charge in [-0.25, -0.2) is 13.2 Å². The molecule has 0 unspecified atom stereocenters. The molecule has 1 aliphatic rings. The SMILES string of the molecule is Fc1cc(F)c(F)c(N2CCCNCC2)c1. The van der Waals surface area contributed by atoms with E-state index in [2.05, 4.69) is 5.32 Å². The van der Waals surface area contributed by atoms with Gasteiger partial charge in [0.1, 0.15) is 5.82 Å². The Kier molecular flexibility index (Phi) is 3.33. The molecule has 1 fully saturated rings. The van der Waals surface area contributed by atoms with E-state index in [4.69, 9.17) is 0 Å². The number of benzene rings is 1. The average Bonchev–Trinajstić information content (AvgIpc) is 2.51. The summed E-state index contributed by atoms with van der Waals surface area (Å²) in [6.45, 7) is 2.69. The van der Waals surface area contributed by atoms with Crippen LogP contribution in [0.1, 0.15) is 6.42 Å². The molecule has 0 aromatic heterocycles. The van der Waals surface area contributed by atoms with E-state index in [1.807, 2.05) is 0 Å². The van der Waals surface area contributed by atoms with E-state index in [9.17, 15) is 13.2 Å². The van der Waals surface area contributed by atoms with Crippen LogP contribution in [0.3, 0.4) is 0 Å². The second-order valence-electron chi connectivity index (χ2n) is 3.81. The fourth-order valence-corrected chi connectivity index (χ4v) is 1.86. The van der Waals surface area contributed by atoms with E-state index in [1.165, 1.54) is 0 Å². The molecule has 0 saturated carbocycles. The molecule has 1 aliphatic heterocycles. The highest BCUT2D eigenvalue weighted by Gasteiger charge is 2.17. The molecule has 1 N–H and O–H groups in total. The summed E-state index contributed by atoms with van der Waals surface area (Å²) in [7, 11) is 0. The Morgan fingerprint density at radius 3 is 2.69 bits per heavy atom.